The van der Waals surface area contributed by atoms with Crippen molar-refractivity contribution < 1.29 is 4.79 Å². The number of piperazine rings is 1. The number of aromatic amines is 2. The number of hydrogen-bond acceptors (Lipinski definition) is 6. The minimum absolute atomic E-state index is 0.224. The number of nitrogens with one attached hydrogen (secondary N) is 2. The van der Waals surface area contributed by atoms with E-state index < -0.39 is 0 Å². The van der Waals surface area contributed by atoms with Crippen molar-refractivity contribution in [1.82, 2.24) is 29.8 Å². The summed E-state index contributed by atoms with van der Waals surface area (Å²) in [5, 5.41) is 0. The third-order valence-corrected chi connectivity index (χ3v) is 4.65. The van der Waals surface area contributed by atoms with Gasteiger partial charge >= 0.3 is 0 Å². The number of aromatic nitrogens is 5. The maximum atomic E-state index is 12.8. The highest BCUT2D eigenvalue weighted by Gasteiger charge is 2.26. The highest BCUT2D eigenvalue weighted by atomic mass is 16.2. The lowest BCUT2D eigenvalue weighted by atomic mass is 10.1. The maximum Gasteiger partial charge on any atom is 0.261 e. The molecule has 0 aliphatic carbocycles. The van der Waals surface area contributed by atoms with Gasteiger partial charge in [-0.25, -0.2) is 15.0 Å². The molecule has 4 rings (SSSR count). The number of carbonyl (C=O) groups excluding carboxylic acids is 1. The van der Waals surface area contributed by atoms with E-state index in [4.69, 9.17) is 0 Å². The summed E-state index contributed by atoms with van der Waals surface area (Å²) < 4.78 is 0. The molecular weight excluding hydrogens is 334 g/mol. The lowest BCUT2D eigenvalue weighted by molar-refractivity contribution is 0.0744. The van der Waals surface area contributed by atoms with Gasteiger partial charge in [0.05, 0.1) is 6.33 Å². The van der Waals surface area contributed by atoms with Crippen molar-refractivity contribution >= 4 is 22.9 Å². The van der Waals surface area contributed by atoms with Crippen LogP contribution in [0.2, 0.25) is 0 Å². The molecule has 0 atom stereocenters. The lowest BCUT2D eigenvalue weighted by Gasteiger charge is -2.35. The van der Waals surface area contributed by atoms with E-state index in [9.17, 15) is 9.59 Å². The van der Waals surface area contributed by atoms with Crippen molar-refractivity contribution in [3.63, 3.8) is 0 Å². The van der Waals surface area contributed by atoms with E-state index >= 15 is 0 Å². The molecule has 0 aromatic carbocycles. The molecule has 0 spiro atoms. The average Bonchev–Trinajstić information content (AvgIpc) is 3.09. The zero-order chi connectivity index (χ0) is 18.3. The molecule has 1 aliphatic heterocycles. The number of fused-ring (bicyclic) bond motifs is 1. The van der Waals surface area contributed by atoms with Crippen molar-refractivity contribution in [3.8, 4) is 0 Å². The van der Waals surface area contributed by atoms with E-state index in [2.05, 4.69) is 29.8 Å². The highest BCUT2D eigenvalue weighted by Crippen LogP contribution is 2.21. The number of rotatable bonds is 2. The van der Waals surface area contributed by atoms with Crippen LogP contribution in [0, 0.1) is 13.8 Å². The van der Waals surface area contributed by atoms with Gasteiger partial charge in [0.15, 0.2) is 11.5 Å². The molecule has 9 nitrogen and oxygen atoms in total. The quantitative estimate of drug-likeness (QED) is 0.699. The zero-order valence-corrected chi connectivity index (χ0v) is 14.6. The fourth-order valence-corrected chi connectivity index (χ4v) is 3.39. The third-order valence-electron chi connectivity index (χ3n) is 4.65. The van der Waals surface area contributed by atoms with E-state index in [0.717, 1.165) is 17.0 Å². The first-order valence-electron chi connectivity index (χ1n) is 8.43. The van der Waals surface area contributed by atoms with Gasteiger partial charge in [0, 0.05) is 31.9 Å². The molecule has 1 aliphatic rings. The number of H-pyrrole nitrogens is 2. The summed E-state index contributed by atoms with van der Waals surface area (Å²) in [6.45, 7) is 5.89. The SMILES string of the molecule is Cc1cc(C)c(C(=O)N2CCN(c3ncnc4nc[nH]c34)CC2)c(=O)[nH]1. The minimum Gasteiger partial charge on any atom is -0.351 e. The Kier molecular flexibility index (Phi) is 3.90. The number of amides is 1. The number of imidazole rings is 1. The second-order valence-electron chi connectivity index (χ2n) is 6.42. The minimum atomic E-state index is -0.329. The first kappa shape index (κ1) is 16.2. The Balaban J connectivity index is 1.53. The lowest BCUT2D eigenvalue weighted by Crippen LogP contribution is -2.50. The van der Waals surface area contributed by atoms with Crippen LogP contribution in [0.5, 0.6) is 0 Å². The van der Waals surface area contributed by atoms with Gasteiger partial charge in [-0.2, -0.15) is 0 Å². The summed E-state index contributed by atoms with van der Waals surface area (Å²) in [7, 11) is 0. The highest BCUT2D eigenvalue weighted by molar-refractivity contribution is 5.95. The van der Waals surface area contributed by atoms with Crippen LogP contribution in [0.25, 0.3) is 11.2 Å². The molecule has 3 aromatic heterocycles. The fourth-order valence-electron chi connectivity index (χ4n) is 3.39. The van der Waals surface area contributed by atoms with Crippen LogP contribution in [-0.4, -0.2) is 61.9 Å². The molecule has 4 heterocycles. The van der Waals surface area contributed by atoms with Crippen LogP contribution in [0.4, 0.5) is 5.82 Å². The number of aryl methyl sites for hydroxylation is 2. The van der Waals surface area contributed by atoms with Crippen LogP contribution in [0.3, 0.4) is 0 Å². The molecule has 0 unspecified atom stereocenters. The number of nitrogens with zero attached hydrogens (tertiary/aromatic N) is 5. The molecule has 26 heavy (non-hydrogen) atoms. The first-order chi connectivity index (χ1) is 12.5. The summed E-state index contributed by atoms with van der Waals surface area (Å²) >= 11 is 0. The summed E-state index contributed by atoms with van der Waals surface area (Å²) in [5.41, 5.74) is 2.76. The third kappa shape index (κ3) is 2.71. The Labute approximate surface area is 149 Å². The molecule has 1 amide bonds. The van der Waals surface area contributed by atoms with Gasteiger partial charge in [0.1, 0.15) is 17.4 Å². The van der Waals surface area contributed by atoms with Gasteiger partial charge in [0.2, 0.25) is 0 Å². The van der Waals surface area contributed by atoms with Gasteiger partial charge in [-0.1, -0.05) is 0 Å². The molecule has 3 aromatic rings. The molecule has 134 valence electrons. The van der Waals surface area contributed by atoms with E-state index in [1.807, 2.05) is 6.07 Å². The summed E-state index contributed by atoms with van der Waals surface area (Å²) in [6, 6.07) is 1.82. The largest absolute Gasteiger partial charge is 0.351 e. The Morgan fingerprint density at radius 3 is 2.62 bits per heavy atom. The van der Waals surface area contributed by atoms with Crippen molar-refractivity contribution in [2.75, 3.05) is 31.1 Å². The molecule has 2 N–H and O–H groups in total. The van der Waals surface area contributed by atoms with Gasteiger partial charge in [-0.05, 0) is 25.5 Å². The van der Waals surface area contributed by atoms with Crippen LogP contribution in [0.1, 0.15) is 21.6 Å². The number of hydrogen-bond donors (Lipinski definition) is 2. The number of carbonyl (C=O) groups is 1. The zero-order valence-electron chi connectivity index (χ0n) is 14.6. The topological polar surface area (TPSA) is 111 Å². The smallest absolute Gasteiger partial charge is 0.261 e. The Morgan fingerprint density at radius 1 is 1.12 bits per heavy atom. The molecule has 1 saturated heterocycles. The van der Waals surface area contributed by atoms with E-state index in [-0.39, 0.29) is 17.0 Å². The standard InChI is InChI=1S/C17H19N7O2/c1-10-7-11(2)22-16(25)12(10)17(26)24-5-3-23(4-6-24)15-13-14(19-8-18-13)20-9-21-15/h7-9H,3-6H2,1-2H3,(H,22,25)(H,18,19,20,21). The summed E-state index contributed by atoms with van der Waals surface area (Å²) in [4.78, 5) is 47.2. The van der Waals surface area contributed by atoms with Gasteiger partial charge in [0.25, 0.3) is 11.5 Å². The van der Waals surface area contributed by atoms with Crippen molar-refractivity contribution in [1.29, 1.82) is 0 Å². The molecule has 9 heteroatoms. The van der Waals surface area contributed by atoms with Gasteiger partial charge < -0.3 is 19.8 Å². The second-order valence-corrected chi connectivity index (χ2v) is 6.42. The molecular formula is C17H19N7O2. The molecule has 0 bridgehead atoms. The van der Waals surface area contributed by atoms with Crippen LogP contribution in [0.15, 0.2) is 23.5 Å². The van der Waals surface area contributed by atoms with E-state index in [1.54, 1.807) is 25.1 Å². The maximum absolute atomic E-state index is 12.8. The Hall–Kier alpha value is -3.23. The van der Waals surface area contributed by atoms with Crippen molar-refractivity contribution in [3.05, 3.63) is 45.9 Å². The normalized spacial score (nSPS) is 14.8. The van der Waals surface area contributed by atoms with Gasteiger partial charge in [-0.3, -0.25) is 9.59 Å². The van der Waals surface area contributed by atoms with Crippen LogP contribution in [-0.2, 0) is 0 Å². The molecule has 1 fully saturated rings. The fraction of sp³-hybridized carbons (Fsp3) is 0.353. The van der Waals surface area contributed by atoms with Gasteiger partial charge in [-0.15, -0.1) is 0 Å². The molecule has 0 radical (unpaired) electrons. The average molecular weight is 353 g/mol. The number of anilines is 1. The molecule has 0 saturated carbocycles. The van der Waals surface area contributed by atoms with Crippen molar-refractivity contribution in [2.24, 2.45) is 0 Å². The Morgan fingerprint density at radius 2 is 1.88 bits per heavy atom. The second kappa shape index (κ2) is 6.25. The monoisotopic (exact) mass is 353 g/mol. The van der Waals surface area contributed by atoms with E-state index in [1.165, 1.54) is 6.33 Å². The van der Waals surface area contributed by atoms with Crippen molar-refractivity contribution in [2.45, 2.75) is 13.8 Å². The van der Waals surface area contributed by atoms with Crippen LogP contribution >= 0.6 is 0 Å². The predicted molar refractivity (Wildman–Crippen MR) is 96.3 cm³/mol. The Bertz CT molecular complexity index is 1030. The predicted octanol–water partition coefficient (Wildman–Crippen LogP) is 0.620. The summed E-state index contributed by atoms with van der Waals surface area (Å²) in [6.07, 6.45) is 3.08. The first-order valence-corrected chi connectivity index (χ1v) is 8.43. The van der Waals surface area contributed by atoms with E-state index in [0.29, 0.717) is 37.4 Å². The summed E-state index contributed by atoms with van der Waals surface area (Å²) in [5.74, 6) is 0.557. The number of pyridine rings is 1. The van der Waals surface area contributed by atoms with Crippen LogP contribution < -0.4 is 10.5 Å².